The fourth-order valence-electron chi connectivity index (χ4n) is 4.22. The first-order valence-corrected chi connectivity index (χ1v) is 12.2. The first kappa shape index (κ1) is 22.4. The van der Waals surface area contributed by atoms with E-state index in [0.29, 0.717) is 0 Å². The molecule has 2 heterocycles. The van der Waals surface area contributed by atoms with Crippen molar-refractivity contribution in [1.82, 2.24) is 9.97 Å². The third kappa shape index (κ3) is 5.31. The quantitative estimate of drug-likeness (QED) is 0.256. The van der Waals surface area contributed by atoms with Gasteiger partial charge < -0.3 is 4.74 Å². The van der Waals surface area contributed by atoms with Crippen LogP contribution in [-0.4, -0.2) is 9.97 Å². The molecule has 37 heavy (non-hydrogen) atoms. The number of para-hydroxylation sites is 2. The van der Waals surface area contributed by atoms with Crippen LogP contribution in [0.4, 0.5) is 0 Å². The molecular formula is C34H24N2O. The van der Waals surface area contributed by atoms with Crippen LogP contribution in [-0.2, 0) is 4.74 Å². The summed E-state index contributed by atoms with van der Waals surface area (Å²) in [6, 6.07) is 36.8. The number of nitrogens with zero attached hydrogens (tertiary/aromatic N) is 2. The second-order valence-electron chi connectivity index (χ2n) is 8.78. The van der Waals surface area contributed by atoms with Gasteiger partial charge in [0.05, 0.1) is 22.9 Å². The summed E-state index contributed by atoms with van der Waals surface area (Å²) in [5.41, 5.74) is 8.03. The number of allylic oxidation sites excluding steroid dienone is 3. The minimum Gasteiger partial charge on any atom is -0.456 e. The summed E-state index contributed by atoms with van der Waals surface area (Å²) < 4.78 is 6.31. The molecule has 3 nitrogen and oxygen atoms in total. The monoisotopic (exact) mass is 476 g/mol. The highest BCUT2D eigenvalue weighted by molar-refractivity contribution is 5.81. The van der Waals surface area contributed by atoms with Crippen molar-refractivity contribution in [3.8, 4) is 0 Å². The molecule has 0 radical (unpaired) electrons. The van der Waals surface area contributed by atoms with Gasteiger partial charge in [-0.1, -0.05) is 103 Å². The largest absolute Gasteiger partial charge is 0.456 e. The summed E-state index contributed by atoms with van der Waals surface area (Å²) in [6.07, 6.45) is 12.2. The highest BCUT2D eigenvalue weighted by Gasteiger charge is 2.14. The Morgan fingerprint density at radius 2 is 1.11 bits per heavy atom. The molecule has 4 aromatic carbocycles. The number of hydrogen-bond acceptors (Lipinski definition) is 3. The van der Waals surface area contributed by atoms with Crippen LogP contribution in [0.1, 0.15) is 27.9 Å². The van der Waals surface area contributed by atoms with Crippen LogP contribution < -0.4 is 0 Å². The van der Waals surface area contributed by atoms with Crippen LogP contribution >= 0.6 is 0 Å². The normalized spacial score (nSPS) is 13.2. The molecule has 0 saturated carbocycles. The van der Waals surface area contributed by atoms with E-state index in [1.807, 2.05) is 66.7 Å². The second kappa shape index (κ2) is 10.3. The minimum absolute atomic E-state index is 0.837. The van der Waals surface area contributed by atoms with Crippen LogP contribution in [0.2, 0.25) is 0 Å². The van der Waals surface area contributed by atoms with Gasteiger partial charge in [-0.05, 0) is 53.1 Å². The van der Waals surface area contributed by atoms with E-state index in [-0.39, 0.29) is 0 Å². The molecule has 1 aliphatic rings. The lowest BCUT2D eigenvalue weighted by atomic mass is 10.0. The van der Waals surface area contributed by atoms with E-state index in [9.17, 15) is 0 Å². The summed E-state index contributed by atoms with van der Waals surface area (Å²) in [4.78, 5) is 9.15. The fraction of sp³-hybridized carbons (Fsp3) is 0. The van der Waals surface area contributed by atoms with Crippen molar-refractivity contribution in [2.75, 3.05) is 0 Å². The van der Waals surface area contributed by atoms with Gasteiger partial charge in [0.25, 0.3) is 0 Å². The zero-order valence-electron chi connectivity index (χ0n) is 20.2. The average Bonchev–Trinajstić information content (AvgIpc) is 2.97. The van der Waals surface area contributed by atoms with Gasteiger partial charge in [-0.25, -0.2) is 4.98 Å². The Balaban J connectivity index is 1.27. The number of hydrogen-bond donors (Lipinski definition) is 0. The first-order valence-electron chi connectivity index (χ1n) is 12.2. The van der Waals surface area contributed by atoms with Crippen molar-refractivity contribution in [2.45, 2.75) is 0 Å². The average molecular weight is 477 g/mol. The van der Waals surface area contributed by atoms with E-state index >= 15 is 0 Å². The molecule has 0 amide bonds. The summed E-state index contributed by atoms with van der Waals surface area (Å²) in [5.74, 6) is 1.67. The van der Waals surface area contributed by atoms with Crippen LogP contribution in [0.15, 0.2) is 133 Å². The lowest BCUT2D eigenvalue weighted by molar-refractivity contribution is 0.467. The zero-order chi connectivity index (χ0) is 24.9. The zero-order valence-corrected chi connectivity index (χ0v) is 20.2. The Morgan fingerprint density at radius 1 is 0.541 bits per heavy atom. The maximum absolute atomic E-state index is 6.31. The third-order valence-electron chi connectivity index (χ3n) is 6.12. The number of ether oxygens (including phenoxy) is 1. The predicted octanol–water partition coefficient (Wildman–Crippen LogP) is 8.30. The van der Waals surface area contributed by atoms with E-state index < -0.39 is 0 Å². The van der Waals surface area contributed by atoms with Crippen molar-refractivity contribution >= 4 is 40.8 Å². The molecule has 0 spiro atoms. The summed E-state index contributed by atoms with van der Waals surface area (Å²) in [7, 11) is 0. The Hall–Kier alpha value is -5.02. The second-order valence-corrected chi connectivity index (χ2v) is 8.78. The Kier molecular flexibility index (Phi) is 6.25. The van der Waals surface area contributed by atoms with Crippen molar-refractivity contribution in [2.24, 2.45) is 0 Å². The van der Waals surface area contributed by atoms with Crippen molar-refractivity contribution in [3.05, 3.63) is 161 Å². The van der Waals surface area contributed by atoms with Crippen molar-refractivity contribution in [1.29, 1.82) is 0 Å². The standard InChI is InChI=1S/C34H24N2O/c1-3-9-28(10-4-1)33-22-27(23-34(37-33)29-11-5-2-6-12-29)21-26-17-15-25(16-18-26)19-20-30-24-35-31-13-7-8-14-32(31)36-30/h1-24H/b20-19+. The summed E-state index contributed by atoms with van der Waals surface area (Å²) >= 11 is 0. The Morgan fingerprint density at radius 3 is 1.76 bits per heavy atom. The van der Waals surface area contributed by atoms with Gasteiger partial charge in [0.1, 0.15) is 11.5 Å². The van der Waals surface area contributed by atoms with Gasteiger partial charge in [0, 0.05) is 11.1 Å². The van der Waals surface area contributed by atoms with Crippen LogP contribution in [0.25, 0.3) is 40.8 Å². The van der Waals surface area contributed by atoms with Crippen LogP contribution in [0.5, 0.6) is 0 Å². The maximum Gasteiger partial charge on any atom is 0.135 e. The third-order valence-corrected chi connectivity index (χ3v) is 6.12. The molecule has 1 aromatic heterocycles. The highest BCUT2D eigenvalue weighted by atomic mass is 16.5. The lowest BCUT2D eigenvalue weighted by Crippen LogP contribution is -1.99. The first-order chi connectivity index (χ1) is 18.3. The highest BCUT2D eigenvalue weighted by Crippen LogP contribution is 2.32. The van der Waals surface area contributed by atoms with Crippen molar-refractivity contribution in [3.63, 3.8) is 0 Å². The van der Waals surface area contributed by atoms with Gasteiger partial charge in [0.15, 0.2) is 0 Å². The summed E-state index contributed by atoms with van der Waals surface area (Å²) in [6.45, 7) is 0. The number of fused-ring (bicyclic) bond motifs is 1. The molecule has 3 heteroatoms. The van der Waals surface area contributed by atoms with E-state index in [0.717, 1.165) is 56.1 Å². The molecule has 0 bridgehead atoms. The van der Waals surface area contributed by atoms with Gasteiger partial charge in [-0.3, -0.25) is 4.98 Å². The maximum atomic E-state index is 6.31. The predicted molar refractivity (Wildman–Crippen MR) is 153 cm³/mol. The van der Waals surface area contributed by atoms with E-state index in [1.54, 1.807) is 6.20 Å². The lowest BCUT2D eigenvalue weighted by Gasteiger charge is -2.19. The fourth-order valence-corrected chi connectivity index (χ4v) is 4.22. The van der Waals surface area contributed by atoms with E-state index in [1.165, 1.54) is 0 Å². The molecule has 1 aliphatic heterocycles. The molecule has 0 aliphatic carbocycles. The molecule has 176 valence electrons. The smallest absolute Gasteiger partial charge is 0.135 e. The molecule has 0 fully saturated rings. The van der Waals surface area contributed by atoms with Gasteiger partial charge in [-0.15, -0.1) is 0 Å². The molecule has 5 aromatic rings. The van der Waals surface area contributed by atoms with Crippen LogP contribution in [0, 0.1) is 0 Å². The van der Waals surface area contributed by atoms with Gasteiger partial charge in [0.2, 0.25) is 0 Å². The van der Waals surface area contributed by atoms with E-state index in [4.69, 9.17) is 4.74 Å². The van der Waals surface area contributed by atoms with E-state index in [2.05, 4.69) is 82.8 Å². The SMILES string of the molecule is C(=C1C=C(c2ccccc2)OC(c2ccccc2)=C1)c1ccc(/C=C/c2cnc3ccccc3n2)cc1. The number of aromatic nitrogens is 2. The molecule has 6 rings (SSSR count). The van der Waals surface area contributed by atoms with Gasteiger partial charge >= 0.3 is 0 Å². The molecular weight excluding hydrogens is 452 g/mol. The topological polar surface area (TPSA) is 35.0 Å². The number of benzene rings is 4. The Labute approximate surface area is 216 Å². The Bertz CT molecular complexity index is 1600. The minimum atomic E-state index is 0.837. The molecule has 0 atom stereocenters. The number of rotatable bonds is 5. The summed E-state index contributed by atoms with van der Waals surface area (Å²) in [5, 5.41) is 0. The molecule has 0 saturated heterocycles. The molecule has 0 unspecified atom stereocenters. The van der Waals surface area contributed by atoms with Crippen LogP contribution in [0.3, 0.4) is 0 Å². The molecule has 0 N–H and O–H groups in total. The van der Waals surface area contributed by atoms with Crippen molar-refractivity contribution < 1.29 is 4.74 Å². The van der Waals surface area contributed by atoms with Gasteiger partial charge in [-0.2, -0.15) is 0 Å².